The Morgan fingerprint density at radius 1 is 1.36 bits per heavy atom. The molecule has 1 aromatic heterocycles. The van der Waals surface area contributed by atoms with Crippen molar-refractivity contribution in [3.63, 3.8) is 0 Å². The van der Waals surface area contributed by atoms with E-state index in [2.05, 4.69) is 10.1 Å². The number of pyridine rings is 1. The summed E-state index contributed by atoms with van der Waals surface area (Å²) in [5.74, 6) is -0.163. The molecule has 1 atom stereocenters. The van der Waals surface area contributed by atoms with Gasteiger partial charge in [0.25, 0.3) is 0 Å². The Bertz CT molecular complexity index is 677. The van der Waals surface area contributed by atoms with Gasteiger partial charge in [-0.25, -0.2) is 4.79 Å². The van der Waals surface area contributed by atoms with Crippen molar-refractivity contribution in [3.05, 3.63) is 59.4 Å². The lowest BCUT2D eigenvalue weighted by molar-refractivity contribution is -0.151. The molecule has 2 aromatic rings. The van der Waals surface area contributed by atoms with Crippen LogP contribution in [0.3, 0.4) is 0 Å². The molecule has 0 aliphatic heterocycles. The van der Waals surface area contributed by atoms with Crippen LogP contribution in [-0.4, -0.2) is 22.9 Å². The Balaban J connectivity index is 1.94. The summed E-state index contributed by atoms with van der Waals surface area (Å²) in [5, 5.41) is 4.08. The maximum atomic E-state index is 11.8. The molecule has 0 aliphatic carbocycles. The summed E-state index contributed by atoms with van der Waals surface area (Å²) in [6.07, 6.45) is 2.26. The Labute approximate surface area is 132 Å². The first kappa shape index (κ1) is 15.8. The number of rotatable bonds is 5. The number of nitrogens with two attached hydrogens (primary N) is 1. The van der Waals surface area contributed by atoms with E-state index in [9.17, 15) is 4.79 Å². The molecule has 6 nitrogen and oxygen atoms in total. The van der Waals surface area contributed by atoms with Gasteiger partial charge in [-0.15, -0.1) is 0 Å². The van der Waals surface area contributed by atoms with E-state index in [1.807, 2.05) is 0 Å². The predicted octanol–water partition coefficient (Wildman–Crippen LogP) is 2.37. The van der Waals surface area contributed by atoms with E-state index in [-0.39, 0.29) is 5.84 Å². The van der Waals surface area contributed by atoms with Crippen molar-refractivity contribution in [2.24, 2.45) is 10.9 Å². The number of carbonyl (C=O) groups is 1. The molecular weight excluding hydrogens is 306 g/mol. The van der Waals surface area contributed by atoms with Gasteiger partial charge < -0.3 is 15.3 Å². The van der Waals surface area contributed by atoms with Gasteiger partial charge >= 0.3 is 5.97 Å². The smallest absolute Gasteiger partial charge is 0.374 e. The van der Waals surface area contributed by atoms with Crippen LogP contribution >= 0.6 is 11.6 Å². The van der Waals surface area contributed by atoms with E-state index in [1.54, 1.807) is 49.5 Å². The van der Waals surface area contributed by atoms with Gasteiger partial charge in [-0.3, -0.25) is 4.98 Å². The molecule has 1 heterocycles. The van der Waals surface area contributed by atoms with Crippen molar-refractivity contribution in [2.75, 3.05) is 0 Å². The molecule has 0 fully saturated rings. The van der Waals surface area contributed by atoms with Crippen molar-refractivity contribution in [2.45, 2.75) is 13.0 Å². The number of amidine groups is 1. The van der Waals surface area contributed by atoms with E-state index >= 15 is 0 Å². The van der Waals surface area contributed by atoms with E-state index < -0.39 is 12.1 Å². The number of halogens is 1. The predicted molar refractivity (Wildman–Crippen MR) is 82.6 cm³/mol. The lowest BCUT2D eigenvalue weighted by Crippen LogP contribution is -2.26. The quantitative estimate of drug-likeness (QED) is 0.395. The molecule has 0 radical (unpaired) electrons. The molecule has 0 amide bonds. The zero-order valence-corrected chi connectivity index (χ0v) is 12.5. The lowest BCUT2D eigenvalue weighted by Gasteiger charge is -2.11. The molecule has 2 N–H and O–H groups in total. The summed E-state index contributed by atoms with van der Waals surface area (Å²) < 4.78 is 5.41. The fourth-order valence-electron chi connectivity index (χ4n) is 1.53. The van der Waals surface area contributed by atoms with Crippen LogP contribution in [0.5, 0.6) is 5.75 Å². The second-order valence-electron chi connectivity index (χ2n) is 4.35. The number of aromatic nitrogens is 1. The van der Waals surface area contributed by atoms with Crippen molar-refractivity contribution < 1.29 is 14.4 Å². The van der Waals surface area contributed by atoms with Crippen molar-refractivity contribution in [1.29, 1.82) is 0 Å². The average Bonchev–Trinajstić information content (AvgIpc) is 2.53. The highest BCUT2D eigenvalue weighted by Gasteiger charge is 2.17. The first-order valence-electron chi connectivity index (χ1n) is 6.43. The fourth-order valence-corrected chi connectivity index (χ4v) is 1.71. The third kappa shape index (κ3) is 4.46. The second kappa shape index (κ2) is 7.42. The van der Waals surface area contributed by atoms with Crippen LogP contribution in [0.2, 0.25) is 5.02 Å². The summed E-state index contributed by atoms with van der Waals surface area (Å²) in [6.45, 7) is 1.54. The van der Waals surface area contributed by atoms with Crippen molar-refractivity contribution in [3.8, 4) is 5.75 Å². The van der Waals surface area contributed by atoms with Gasteiger partial charge in [0, 0.05) is 23.0 Å². The molecule has 7 heteroatoms. The highest BCUT2D eigenvalue weighted by Crippen LogP contribution is 2.18. The summed E-state index contributed by atoms with van der Waals surface area (Å²) in [7, 11) is 0. The molecule has 0 bridgehead atoms. The molecule has 1 unspecified atom stereocenters. The maximum absolute atomic E-state index is 11.8. The maximum Gasteiger partial charge on any atom is 0.374 e. The first-order valence-corrected chi connectivity index (χ1v) is 6.81. The minimum Gasteiger partial charge on any atom is -0.479 e. The van der Waals surface area contributed by atoms with Crippen molar-refractivity contribution in [1.82, 2.24) is 4.98 Å². The van der Waals surface area contributed by atoms with Crippen LogP contribution in [-0.2, 0) is 9.63 Å². The highest BCUT2D eigenvalue weighted by atomic mass is 35.5. The zero-order chi connectivity index (χ0) is 15.9. The Morgan fingerprint density at radius 2 is 2.18 bits per heavy atom. The molecule has 2 rings (SSSR count). The minimum atomic E-state index is -0.857. The van der Waals surface area contributed by atoms with Crippen LogP contribution in [0.4, 0.5) is 0 Å². The zero-order valence-electron chi connectivity index (χ0n) is 11.8. The minimum absolute atomic E-state index is 0.0522. The fraction of sp³-hybridized carbons (Fsp3) is 0.133. The van der Waals surface area contributed by atoms with Gasteiger partial charge in [0.1, 0.15) is 5.75 Å². The number of hydrogen-bond acceptors (Lipinski definition) is 5. The molecule has 114 valence electrons. The lowest BCUT2D eigenvalue weighted by atomic mass is 10.3. The molecular formula is C15H14ClN3O3. The normalized spacial score (nSPS) is 12.5. The average molecular weight is 320 g/mol. The summed E-state index contributed by atoms with van der Waals surface area (Å²) >= 11 is 5.84. The Morgan fingerprint density at radius 3 is 2.86 bits per heavy atom. The number of benzene rings is 1. The van der Waals surface area contributed by atoms with Gasteiger partial charge in [-0.1, -0.05) is 22.8 Å². The number of ether oxygens (including phenoxy) is 1. The van der Waals surface area contributed by atoms with Gasteiger partial charge in [0.15, 0.2) is 11.9 Å². The Hall–Kier alpha value is -2.60. The van der Waals surface area contributed by atoms with Gasteiger partial charge in [-0.05, 0) is 37.3 Å². The molecule has 0 saturated carbocycles. The summed E-state index contributed by atoms with van der Waals surface area (Å²) in [6, 6.07) is 10.1. The number of hydrogen-bond donors (Lipinski definition) is 1. The highest BCUT2D eigenvalue weighted by molar-refractivity contribution is 6.30. The molecule has 0 aliphatic rings. The number of nitrogens with zero attached hydrogens (tertiary/aromatic N) is 2. The molecule has 0 spiro atoms. The van der Waals surface area contributed by atoms with E-state index in [0.29, 0.717) is 16.3 Å². The van der Waals surface area contributed by atoms with Crippen LogP contribution in [0.25, 0.3) is 0 Å². The van der Waals surface area contributed by atoms with Gasteiger partial charge in [0.2, 0.25) is 0 Å². The van der Waals surface area contributed by atoms with Crippen LogP contribution in [0.1, 0.15) is 12.5 Å². The van der Waals surface area contributed by atoms with Gasteiger partial charge in [-0.2, -0.15) is 0 Å². The topological polar surface area (TPSA) is 86.8 Å². The molecule has 22 heavy (non-hydrogen) atoms. The summed E-state index contributed by atoms with van der Waals surface area (Å²) in [5.41, 5.74) is 6.24. The monoisotopic (exact) mass is 319 g/mol. The molecule has 1 aromatic carbocycles. The van der Waals surface area contributed by atoms with E-state index in [1.165, 1.54) is 6.20 Å². The van der Waals surface area contributed by atoms with Crippen LogP contribution in [0, 0.1) is 0 Å². The second-order valence-corrected chi connectivity index (χ2v) is 4.78. The van der Waals surface area contributed by atoms with Crippen LogP contribution < -0.4 is 10.5 Å². The third-order valence-electron chi connectivity index (χ3n) is 2.63. The van der Waals surface area contributed by atoms with Crippen LogP contribution in [0.15, 0.2) is 53.9 Å². The number of oxime groups is 1. The summed E-state index contributed by atoms with van der Waals surface area (Å²) in [4.78, 5) is 20.5. The third-order valence-corrected chi connectivity index (χ3v) is 2.87. The standard InChI is InChI=1S/C15H14ClN3O3/c1-10(21-13-6-2-5-12(16)8-13)15(20)22-19-14(17)11-4-3-7-18-9-11/h2-10H,1H3,(H2,17,19). The van der Waals surface area contributed by atoms with E-state index in [4.69, 9.17) is 26.9 Å². The van der Waals surface area contributed by atoms with E-state index in [0.717, 1.165) is 0 Å². The van der Waals surface area contributed by atoms with Gasteiger partial charge in [0.05, 0.1) is 0 Å². The largest absolute Gasteiger partial charge is 0.479 e. The number of carbonyl (C=O) groups excluding carboxylic acids is 1. The Kier molecular flexibility index (Phi) is 5.32. The first-order chi connectivity index (χ1) is 10.6. The SMILES string of the molecule is CC(Oc1cccc(Cl)c1)C(=O)ON=C(N)c1cccnc1. The molecule has 0 saturated heterocycles. The van der Waals surface area contributed by atoms with Crippen molar-refractivity contribution >= 4 is 23.4 Å².